The monoisotopic (exact) mass is 199 g/mol. The molecule has 0 radical (unpaired) electrons. The molecule has 2 aliphatic heterocycles. The van der Waals surface area contributed by atoms with Crippen molar-refractivity contribution >= 4 is 16.6 Å². The summed E-state index contributed by atoms with van der Waals surface area (Å²) < 4.78 is 1.76. The summed E-state index contributed by atoms with van der Waals surface area (Å²) in [5.41, 5.74) is 1.79. The van der Waals surface area contributed by atoms with Crippen molar-refractivity contribution in [3.05, 3.63) is 40.1 Å². The van der Waals surface area contributed by atoms with E-state index in [1.54, 1.807) is 10.6 Å². The van der Waals surface area contributed by atoms with Crippen molar-refractivity contribution in [3.63, 3.8) is 0 Å². The van der Waals surface area contributed by atoms with E-state index < -0.39 is 4.92 Å². The Bertz CT molecular complexity index is 636. The van der Waals surface area contributed by atoms with Gasteiger partial charge in [0.05, 0.1) is 16.5 Å². The zero-order valence-corrected chi connectivity index (χ0v) is 7.54. The van der Waals surface area contributed by atoms with E-state index in [1.807, 2.05) is 6.20 Å². The second kappa shape index (κ2) is 2.36. The van der Waals surface area contributed by atoms with Crippen molar-refractivity contribution in [2.75, 3.05) is 0 Å². The Morgan fingerprint density at radius 1 is 1.53 bits per heavy atom. The molecule has 2 bridgehead atoms. The van der Waals surface area contributed by atoms with Crippen molar-refractivity contribution in [1.29, 1.82) is 5.26 Å². The van der Waals surface area contributed by atoms with E-state index in [4.69, 9.17) is 5.26 Å². The normalized spacial score (nSPS) is 17.1. The number of nitriles is 1. The zero-order chi connectivity index (χ0) is 10.6. The fourth-order valence-electron chi connectivity index (χ4n) is 2.01. The first-order valence-electron chi connectivity index (χ1n) is 4.41. The molecule has 0 aliphatic carbocycles. The first-order valence-corrected chi connectivity index (χ1v) is 4.41. The molecule has 2 aromatic rings. The lowest BCUT2D eigenvalue weighted by molar-refractivity contribution is -0.384. The third-order valence-electron chi connectivity index (χ3n) is 2.75. The quantitative estimate of drug-likeness (QED) is 0.520. The molecular weight excluding hydrogens is 194 g/mol. The summed E-state index contributed by atoms with van der Waals surface area (Å²) in [6, 6.07) is 6.58. The van der Waals surface area contributed by atoms with Crippen LogP contribution in [0.4, 0.5) is 5.69 Å². The van der Waals surface area contributed by atoms with Gasteiger partial charge >= 0.3 is 0 Å². The summed E-state index contributed by atoms with van der Waals surface area (Å²) in [6.07, 6.45) is 1.85. The predicted molar refractivity (Wildman–Crippen MR) is 52.3 cm³/mol. The number of aromatic nitrogens is 1. The van der Waals surface area contributed by atoms with Crippen LogP contribution in [0.3, 0.4) is 0 Å². The summed E-state index contributed by atoms with van der Waals surface area (Å²) >= 11 is 0. The highest BCUT2D eigenvalue weighted by Gasteiger charge is 2.30. The first-order chi connectivity index (χ1) is 7.22. The SMILES string of the molecule is N#CC1c2cn1c1cc([N+](=O)[O-])ccc21. The zero-order valence-electron chi connectivity index (χ0n) is 7.54. The smallest absolute Gasteiger partial charge is 0.271 e. The number of nitro benzene ring substituents is 1. The first kappa shape index (κ1) is 8.00. The third kappa shape index (κ3) is 0.808. The molecule has 1 aromatic heterocycles. The van der Waals surface area contributed by atoms with Gasteiger partial charge in [0.15, 0.2) is 0 Å². The molecule has 4 rings (SSSR count). The van der Waals surface area contributed by atoms with Crippen molar-refractivity contribution in [1.82, 2.24) is 4.57 Å². The van der Waals surface area contributed by atoms with Gasteiger partial charge in [0.1, 0.15) is 6.04 Å². The van der Waals surface area contributed by atoms with E-state index in [1.165, 1.54) is 12.1 Å². The lowest BCUT2D eigenvalue weighted by Crippen LogP contribution is -2.11. The maximum atomic E-state index is 10.6. The van der Waals surface area contributed by atoms with Gasteiger partial charge < -0.3 is 4.57 Å². The fourth-order valence-corrected chi connectivity index (χ4v) is 2.01. The molecular formula is C10H5N3O2. The summed E-state index contributed by atoms with van der Waals surface area (Å²) in [6.45, 7) is 0. The van der Waals surface area contributed by atoms with Gasteiger partial charge in [-0.2, -0.15) is 5.26 Å². The Morgan fingerprint density at radius 2 is 2.33 bits per heavy atom. The molecule has 5 nitrogen and oxygen atoms in total. The van der Waals surface area contributed by atoms with Crippen LogP contribution in [0.2, 0.25) is 0 Å². The van der Waals surface area contributed by atoms with Crippen LogP contribution in [0.15, 0.2) is 24.4 Å². The number of non-ortho nitro benzene ring substituents is 1. The van der Waals surface area contributed by atoms with Crippen LogP contribution in [0.5, 0.6) is 0 Å². The highest BCUT2D eigenvalue weighted by molar-refractivity contribution is 5.91. The van der Waals surface area contributed by atoms with Gasteiger partial charge in [-0.3, -0.25) is 10.1 Å². The third-order valence-corrected chi connectivity index (χ3v) is 2.75. The molecule has 0 fully saturated rings. The molecule has 3 heterocycles. The topological polar surface area (TPSA) is 71.9 Å². The van der Waals surface area contributed by atoms with E-state index in [0.717, 1.165) is 16.5 Å². The van der Waals surface area contributed by atoms with E-state index >= 15 is 0 Å². The molecule has 0 saturated heterocycles. The van der Waals surface area contributed by atoms with Crippen LogP contribution < -0.4 is 0 Å². The molecule has 0 amide bonds. The minimum atomic E-state index is -0.427. The van der Waals surface area contributed by atoms with Gasteiger partial charge in [-0.15, -0.1) is 0 Å². The highest BCUT2D eigenvalue weighted by Crippen LogP contribution is 2.40. The maximum Gasteiger partial charge on any atom is 0.271 e. The minimum Gasteiger partial charge on any atom is -0.326 e. The molecule has 5 heteroatoms. The van der Waals surface area contributed by atoms with Crippen LogP contribution in [0.1, 0.15) is 11.6 Å². The molecule has 72 valence electrons. The molecule has 1 unspecified atom stereocenters. The van der Waals surface area contributed by atoms with E-state index in [9.17, 15) is 10.1 Å². The molecule has 2 aliphatic rings. The lowest BCUT2D eigenvalue weighted by atomic mass is 10.1. The van der Waals surface area contributed by atoms with Crippen molar-refractivity contribution in [2.24, 2.45) is 0 Å². The van der Waals surface area contributed by atoms with Gasteiger partial charge in [-0.05, 0) is 6.07 Å². The van der Waals surface area contributed by atoms with Crippen LogP contribution >= 0.6 is 0 Å². The number of nitrogens with zero attached hydrogens (tertiary/aromatic N) is 3. The maximum absolute atomic E-state index is 10.6. The second-order valence-corrected chi connectivity index (χ2v) is 3.48. The lowest BCUT2D eigenvalue weighted by Gasteiger charge is -2.15. The largest absolute Gasteiger partial charge is 0.326 e. The Morgan fingerprint density at radius 3 is 3.00 bits per heavy atom. The number of nitro groups is 1. The molecule has 15 heavy (non-hydrogen) atoms. The van der Waals surface area contributed by atoms with Crippen LogP contribution in [0.25, 0.3) is 10.9 Å². The Hall–Kier alpha value is -2.35. The van der Waals surface area contributed by atoms with Gasteiger partial charge in [-0.25, -0.2) is 0 Å². The van der Waals surface area contributed by atoms with E-state index in [2.05, 4.69) is 6.07 Å². The van der Waals surface area contributed by atoms with Crippen molar-refractivity contribution in [2.45, 2.75) is 6.04 Å². The average molecular weight is 199 g/mol. The number of hydrogen-bond acceptors (Lipinski definition) is 3. The number of rotatable bonds is 1. The molecule has 0 N–H and O–H groups in total. The molecule has 1 aromatic carbocycles. The number of hydrogen-bond donors (Lipinski definition) is 0. The Balaban J connectivity index is 2.30. The molecule has 0 spiro atoms. The Labute approximate surface area is 84.3 Å². The standard InChI is InChI=1S/C10H5N3O2/c11-4-10-8-5-12(10)9-3-6(13(14)15)1-2-7(8)9/h1-3,5,10H. The highest BCUT2D eigenvalue weighted by atomic mass is 16.6. The van der Waals surface area contributed by atoms with Crippen LogP contribution in [-0.4, -0.2) is 9.49 Å². The summed E-state index contributed by atoms with van der Waals surface area (Å²) in [5.74, 6) is 0. The number of benzene rings is 1. The molecule has 0 saturated carbocycles. The summed E-state index contributed by atoms with van der Waals surface area (Å²) in [5, 5.41) is 20.4. The van der Waals surface area contributed by atoms with Gasteiger partial charge in [0, 0.05) is 29.3 Å². The van der Waals surface area contributed by atoms with Gasteiger partial charge in [0.25, 0.3) is 5.69 Å². The van der Waals surface area contributed by atoms with Crippen molar-refractivity contribution < 1.29 is 4.92 Å². The van der Waals surface area contributed by atoms with Crippen molar-refractivity contribution in [3.8, 4) is 6.07 Å². The minimum absolute atomic E-state index is 0.0620. The second-order valence-electron chi connectivity index (χ2n) is 3.48. The van der Waals surface area contributed by atoms with Gasteiger partial charge in [-0.1, -0.05) is 0 Å². The average Bonchev–Trinajstić information content (AvgIpc) is 2.68. The predicted octanol–water partition coefficient (Wildman–Crippen LogP) is 1.98. The fraction of sp³-hybridized carbons (Fsp3) is 0.100. The summed E-state index contributed by atoms with van der Waals surface area (Å²) in [7, 11) is 0. The van der Waals surface area contributed by atoms with Gasteiger partial charge in [0.2, 0.25) is 0 Å². The van der Waals surface area contributed by atoms with E-state index in [0.29, 0.717) is 0 Å². The van der Waals surface area contributed by atoms with Crippen LogP contribution in [0, 0.1) is 21.4 Å². The Kier molecular flexibility index (Phi) is 1.26. The van der Waals surface area contributed by atoms with Crippen LogP contribution in [-0.2, 0) is 0 Å². The molecule has 1 atom stereocenters. The summed E-state index contributed by atoms with van der Waals surface area (Å²) in [4.78, 5) is 10.1. The van der Waals surface area contributed by atoms with E-state index in [-0.39, 0.29) is 11.7 Å².